The first-order chi connectivity index (χ1) is 13.9. The van der Waals surface area contributed by atoms with Gasteiger partial charge in [-0.25, -0.2) is 12.8 Å². The third-order valence-electron chi connectivity index (χ3n) is 5.06. The van der Waals surface area contributed by atoms with Crippen molar-refractivity contribution in [2.24, 2.45) is 5.92 Å². The predicted octanol–water partition coefficient (Wildman–Crippen LogP) is 3.63. The minimum absolute atomic E-state index is 0.0444. The van der Waals surface area contributed by atoms with Gasteiger partial charge in [-0.15, -0.1) is 0 Å². The van der Waals surface area contributed by atoms with Gasteiger partial charge >= 0.3 is 0 Å². The molecule has 0 bridgehead atoms. The maximum absolute atomic E-state index is 13.1. The molecule has 1 saturated heterocycles. The van der Waals surface area contributed by atoms with Crippen molar-refractivity contribution in [3.63, 3.8) is 0 Å². The molecular formula is C21H24ClFN2O3S. The number of hydrogen-bond acceptors (Lipinski definition) is 3. The van der Waals surface area contributed by atoms with E-state index in [0.717, 1.165) is 30.5 Å². The number of rotatable bonds is 7. The van der Waals surface area contributed by atoms with E-state index in [0.29, 0.717) is 31.0 Å². The van der Waals surface area contributed by atoms with Crippen molar-refractivity contribution in [1.29, 1.82) is 0 Å². The molecule has 0 aromatic heterocycles. The molecule has 1 aliphatic rings. The van der Waals surface area contributed by atoms with E-state index >= 15 is 0 Å². The Hall–Kier alpha value is -1.96. The lowest BCUT2D eigenvalue weighted by Crippen LogP contribution is -2.45. The van der Waals surface area contributed by atoms with Crippen LogP contribution in [0.5, 0.6) is 0 Å². The van der Waals surface area contributed by atoms with Crippen LogP contribution in [0.4, 0.5) is 4.39 Å². The third-order valence-corrected chi connectivity index (χ3v) is 7.19. The molecule has 0 unspecified atom stereocenters. The first-order valence-corrected chi connectivity index (χ1v) is 11.5. The average Bonchev–Trinajstić information content (AvgIpc) is 2.73. The van der Waals surface area contributed by atoms with Crippen LogP contribution >= 0.6 is 11.6 Å². The number of hydrogen-bond donors (Lipinski definition) is 1. The number of benzene rings is 2. The standard InChI is InChI=1S/C21H24ClFN2O3S/c22-18-7-5-16(6-8-18)3-1-13-24-21(26)17-4-2-14-25(15-17)29(27,28)20-11-9-19(23)10-12-20/h5-12,17H,1-4,13-15H2,(H,24,26)/t17-/m1/s1. The van der Waals surface area contributed by atoms with Gasteiger partial charge in [-0.05, 0) is 67.6 Å². The molecule has 1 amide bonds. The second-order valence-corrected chi connectivity index (χ2v) is 9.55. The highest BCUT2D eigenvalue weighted by atomic mass is 35.5. The van der Waals surface area contributed by atoms with Crippen molar-refractivity contribution in [3.8, 4) is 0 Å². The molecule has 8 heteroatoms. The lowest BCUT2D eigenvalue weighted by atomic mass is 9.99. The molecule has 3 rings (SSSR count). The van der Waals surface area contributed by atoms with Gasteiger partial charge in [0.05, 0.1) is 10.8 Å². The summed E-state index contributed by atoms with van der Waals surface area (Å²) in [6.45, 7) is 1.03. The molecule has 2 aromatic carbocycles. The van der Waals surface area contributed by atoms with E-state index in [1.165, 1.54) is 16.4 Å². The van der Waals surface area contributed by atoms with Crippen LogP contribution in [0.25, 0.3) is 0 Å². The van der Waals surface area contributed by atoms with Crippen molar-refractivity contribution in [2.45, 2.75) is 30.6 Å². The Morgan fingerprint density at radius 3 is 2.52 bits per heavy atom. The molecule has 1 fully saturated rings. The molecule has 2 aromatic rings. The van der Waals surface area contributed by atoms with Crippen LogP contribution in [0.15, 0.2) is 53.4 Å². The van der Waals surface area contributed by atoms with Gasteiger partial charge in [0.25, 0.3) is 0 Å². The van der Waals surface area contributed by atoms with Gasteiger partial charge < -0.3 is 5.32 Å². The Kier molecular flexibility index (Phi) is 7.27. The summed E-state index contributed by atoms with van der Waals surface area (Å²) in [7, 11) is -3.73. The van der Waals surface area contributed by atoms with E-state index in [-0.39, 0.29) is 23.3 Å². The highest BCUT2D eigenvalue weighted by Crippen LogP contribution is 2.24. The number of sulfonamides is 1. The first-order valence-electron chi connectivity index (χ1n) is 9.64. The molecule has 1 heterocycles. The molecule has 1 N–H and O–H groups in total. The molecule has 29 heavy (non-hydrogen) atoms. The quantitative estimate of drug-likeness (QED) is 0.671. The second-order valence-electron chi connectivity index (χ2n) is 7.18. The molecule has 0 aliphatic carbocycles. The Labute approximate surface area is 175 Å². The topological polar surface area (TPSA) is 66.5 Å². The van der Waals surface area contributed by atoms with Crippen molar-refractivity contribution < 1.29 is 17.6 Å². The van der Waals surface area contributed by atoms with Crippen LogP contribution in [-0.4, -0.2) is 38.3 Å². The zero-order chi connectivity index (χ0) is 20.9. The molecule has 1 atom stereocenters. The number of amides is 1. The maximum Gasteiger partial charge on any atom is 0.243 e. The van der Waals surface area contributed by atoms with Crippen LogP contribution in [0, 0.1) is 11.7 Å². The average molecular weight is 439 g/mol. The lowest BCUT2D eigenvalue weighted by molar-refractivity contribution is -0.126. The van der Waals surface area contributed by atoms with E-state index in [9.17, 15) is 17.6 Å². The minimum atomic E-state index is -3.73. The number of nitrogens with zero attached hydrogens (tertiary/aromatic N) is 1. The number of nitrogens with one attached hydrogen (secondary N) is 1. The smallest absolute Gasteiger partial charge is 0.243 e. The van der Waals surface area contributed by atoms with Gasteiger partial charge in [0.1, 0.15) is 5.82 Å². The minimum Gasteiger partial charge on any atom is -0.356 e. The summed E-state index contributed by atoms with van der Waals surface area (Å²) >= 11 is 5.87. The van der Waals surface area contributed by atoms with Gasteiger partial charge in [-0.3, -0.25) is 4.79 Å². The number of piperidine rings is 1. The van der Waals surface area contributed by atoms with E-state index in [2.05, 4.69) is 5.32 Å². The summed E-state index contributed by atoms with van der Waals surface area (Å²) in [5.41, 5.74) is 1.15. The first kappa shape index (κ1) is 21.7. The van der Waals surface area contributed by atoms with E-state index < -0.39 is 15.8 Å². The monoisotopic (exact) mass is 438 g/mol. The zero-order valence-electron chi connectivity index (χ0n) is 16.0. The Balaban J connectivity index is 1.51. The van der Waals surface area contributed by atoms with Crippen molar-refractivity contribution in [3.05, 3.63) is 64.9 Å². The molecule has 0 spiro atoms. The Morgan fingerprint density at radius 1 is 1.14 bits per heavy atom. The molecular weight excluding hydrogens is 415 g/mol. The lowest BCUT2D eigenvalue weighted by Gasteiger charge is -2.31. The molecule has 156 valence electrons. The number of aryl methyl sites for hydroxylation is 1. The van der Waals surface area contributed by atoms with Gasteiger partial charge in [-0.2, -0.15) is 4.31 Å². The highest BCUT2D eigenvalue weighted by Gasteiger charge is 2.33. The van der Waals surface area contributed by atoms with Crippen molar-refractivity contribution in [2.75, 3.05) is 19.6 Å². The van der Waals surface area contributed by atoms with Crippen LogP contribution in [0.3, 0.4) is 0 Å². The predicted molar refractivity (Wildman–Crippen MR) is 111 cm³/mol. The van der Waals surface area contributed by atoms with Gasteiger partial charge in [0.2, 0.25) is 15.9 Å². The molecule has 1 aliphatic heterocycles. The second kappa shape index (κ2) is 9.69. The third kappa shape index (κ3) is 5.78. The summed E-state index contributed by atoms with van der Waals surface area (Å²) in [4.78, 5) is 12.6. The van der Waals surface area contributed by atoms with Crippen molar-refractivity contribution in [1.82, 2.24) is 9.62 Å². The van der Waals surface area contributed by atoms with Crippen LogP contribution < -0.4 is 5.32 Å². The molecule has 0 radical (unpaired) electrons. The Bertz CT molecular complexity index is 933. The van der Waals surface area contributed by atoms with E-state index in [1.807, 2.05) is 24.3 Å². The summed E-state index contributed by atoms with van der Waals surface area (Å²) in [5, 5.41) is 3.61. The fourth-order valence-electron chi connectivity index (χ4n) is 3.43. The summed E-state index contributed by atoms with van der Waals surface area (Å²) < 4.78 is 40.0. The largest absolute Gasteiger partial charge is 0.356 e. The molecule has 0 saturated carbocycles. The van der Waals surface area contributed by atoms with Crippen LogP contribution in [-0.2, 0) is 21.2 Å². The number of carbonyl (C=O) groups is 1. The van der Waals surface area contributed by atoms with Crippen LogP contribution in [0.2, 0.25) is 5.02 Å². The van der Waals surface area contributed by atoms with Crippen molar-refractivity contribution >= 4 is 27.5 Å². The van der Waals surface area contributed by atoms with Gasteiger partial charge in [0, 0.05) is 24.7 Å². The van der Waals surface area contributed by atoms with E-state index in [4.69, 9.17) is 11.6 Å². The van der Waals surface area contributed by atoms with E-state index in [1.54, 1.807) is 0 Å². The molecule has 5 nitrogen and oxygen atoms in total. The highest BCUT2D eigenvalue weighted by molar-refractivity contribution is 7.89. The summed E-state index contributed by atoms with van der Waals surface area (Å²) in [6.07, 6.45) is 2.88. The van der Waals surface area contributed by atoms with Gasteiger partial charge in [-0.1, -0.05) is 23.7 Å². The summed E-state index contributed by atoms with van der Waals surface area (Å²) in [5.74, 6) is -0.993. The number of halogens is 2. The Morgan fingerprint density at radius 2 is 1.83 bits per heavy atom. The zero-order valence-corrected chi connectivity index (χ0v) is 17.6. The fraction of sp³-hybridized carbons (Fsp3) is 0.381. The summed E-state index contributed by atoms with van der Waals surface area (Å²) in [6, 6.07) is 12.4. The normalized spacial score (nSPS) is 17.8. The number of carbonyl (C=O) groups excluding carboxylic acids is 1. The maximum atomic E-state index is 13.1. The fourth-order valence-corrected chi connectivity index (χ4v) is 5.08. The SMILES string of the molecule is O=C(NCCCc1ccc(Cl)cc1)[C@@H]1CCCN(S(=O)(=O)c2ccc(F)cc2)C1. The van der Waals surface area contributed by atoms with Gasteiger partial charge in [0.15, 0.2) is 0 Å². The van der Waals surface area contributed by atoms with Crippen LogP contribution in [0.1, 0.15) is 24.8 Å².